The van der Waals surface area contributed by atoms with E-state index in [0.29, 0.717) is 12.4 Å². The van der Waals surface area contributed by atoms with Crippen molar-refractivity contribution in [3.05, 3.63) is 46.7 Å². The first-order chi connectivity index (χ1) is 7.70. The highest BCUT2D eigenvalue weighted by atomic mass is 16.5. The summed E-state index contributed by atoms with van der Waals surface area (Å²) in [6.45, 7) is 4.65. The third-order valence-corrected chi connectivity index (χ3v) is 3.01. The topological polar surface area (TPSA) is 26.3 Å². The van der Waals surface area contributed by atoms with Crippen molar-refractivity contribution in [2.24, 2.45) is 0 Å². The standard InChI is InChI=1S/C14H16O2/c1-10-6-5-7-12(11(10)2)14(15)13-8-3-4-9-16-13/h5-8H,3-4,9H2,1-2H3. The molecule has 0 aliphatic carbocycles. The van der Waals surface area contributed by atoms with Gasteiger partial charge in [-0.2, -0.15) is 0 Å². The first-order valence-electron chi connectivity index (χ1n) is 5.64. The van der Waals surface area contributed by atoms with Crippen LogP contribution in [0.5, 0.6) is 0 Å². The van der Waals surface area contributed by atoms with Gasteiger partial charge >= 0.3 is 0 Å². The predicted molar refractivity (Wildman–Crippen MR) is 63.5 cm³/mol. The van der Waals surface area contributed by atoms with Crippen molar-refractivity contribution in [3.63, 3.8) is 0 Å². The lowest BCUT2D eigenvalue weighted by Crippen LogP contribution is -2.12. The summed E-state index contributed by atoms with van der Waals surface area (Å²) in [5.74, 6) is 0.529. The molecule has 84 valence electrons. The Morgan fingerprint density at radius 1 is 1.31 bits per heavy atom. The van der Waals surface area contributed by atoms with Gasteiger partial charge in [-0.15, -0.1) is 0 Å². The van der Waals surface area contributed by atoms with E-state index in [9.17, 15) is 4.79 Å². The van der Waals surface area contributed by atoms with Gasteiger partial charge in [0.25, 0.3) is 0 Å². The van der Waals surface area contributed by atoms with E-state index < -0.39 is 0 Å². The maximum absolute atomic E-state index is 12.2. The van der Waals surface area contributed by atoms with E-state index in [-0.39, 0.29) is 5.78 Å². The zero-order valence-electron chi connectivity index (χ0n) is 9.75. The van der Waals surface area contributed by atoms with Crippen molar-refractivity contribution in [2.45, 2.75) is 26.7 Å². The minimum Gasteiger partial charge on any atom is -0.490 e. The summed E-state index contributed by atoms with van der Waals surface area (Å²) >= 11 is 0. The van der Waals surface area contributed by atoms with Crippen LogP contribution in [0.2, 0.25) is 0 Å². The minimum absolute atomic E-state index is 0.0147. The van der Waals surface area contributed by atoms with Crippen LogP contribution < -0.4 is 0 Å². The first kappa shape index (κ1) is 10.9. The number of rotatable bonds is 2. The second-order valence-corrected chi connectivity index (χ2v) is 4.14. The number of Topliss-reactive ketones (excluding diaryl/α,β-unsaturated/α-hetero) is 1. The van der Waals surface area contributed by atoms with Crippen molar-refractivity contribution in [1.29, 1.82) is 0 Å². The average molecular weight is 216 g/mol. The van der Waals surface area contributed by atoms with E-state index in [1.54, 1.807) is 0 Å². The number of ketones is 1. The monoisotopic (exact) mass is 216 g/mol. The summed E-state index contributed by atoms with van der Waals surface area (Å²) in [5, 5.41) is 0. The Hall–Kier alpha value is -1.57. The lowest BCUT2D eigenvalue weighted by atomic mass is 9.98. The summed E-state index contributed by atoms with van der Waals surface area (Å²) in [6.07, 6.45) is 3.84. The predicted octanol–water partition coefficient (Wildman–Crippen LogP) is 3.18. The number of ether oxygens (including phenoxy) is 1. The van der Waals surface area contributed by atoms with E-state index in [1.807, 2.05) is 38.1 Å². The maximum atomic E-state index is 12.2. The summed E-state index contributed by atoms with van der Waals surface area (Å²) in [6, 6.07) is 5.80. The summed E-state index contributed by atoms with van der Waals surface area (Å²) in [4.78, 5) is 12.2. The zero-order valence-corrected chi connectivity index (χ0v) is 9.75. The second-order valence-electron chi connectivity index (χ2n) is 4.14. The van der Waals surface area contributed by atoms with Crippen molar-refractivity contribution < 1.29 is 9.53 Å². The molecule has 0 fully saturated rings. The molecule has 0 bridgehead atoms. The number of aryl methyl sites for hydroxylation is 1. The lowest BCUT2D eigenvalue weighted by Gasteiger charge is -2.15. The van der Waals surface area contributed by atoms with Gasteiger partial charge < -0.3 is 4.74 Å². The third-order valence-electron chi connectivity index (χ3n) is 3.01. The SMILES string of the molecule is Cc1cccc(C(=O)C2=CCCCO2)c1C. The Labute approximate surface area is 95.9 Å². The van der Waals surface area contributed by atoms with Gasteiger partial charge in [-0.05, 0) is 43.9 Å². The van der Waals surface area contributed by atoms with Crippen LogP contribution in [0.25, 0.3) is 0 Å². The fourth-order valence-electron chi connectivity index (χ4n) is 1.85. The van der Waals surface area contributed by atoms with Crippen molar-refractivity contribution in [1.82, 2.24) is 0 Å². The van der Waals surface area contributed by atoms with Gasteiger partial charge in [0, 0.05) is 5.56 Å². The van der Waals surface area contributed by atoms with Gasteiger partial charge in [-0.3, -0.25) is 4.79 Å². The number of benzene rings is 1. The summed E-state index contributed by atoms with van der Waals surface area (Å²) in [5.41, 5.74) is 2.94. The fourth-order valence-corrected chi connectivity index (χ4v) is 1.85. The van der Waals surface area contributed by atoms with Gasteiger partial charge in [0.15, 0.2) is 5.76 Å². The van der Waals surface area contributed by atoms with Crippen LogP contribution in [0, 0.1) is 13.8 Å². The Balaban J connectivity index is 2.33. The van der Waals surface area contributed by atoms with E-state index in [1.165, 1.54) is 0 Å². The van der Waals surface area contributed by atoms with Gasteiger partial charge in [-0.25, -0.2) is 0 Å². The van der Waals surface area contributed by atoms with Crippen LogP contribution in [0.1, 0.15) is 34.3 Å². The average Bonchev–Trinajstić information content (AvgIpc) is 2.33. The molecule has 0 saturated carbocycles. The minimum atomic E-state index is 0.0147. The van der Waals surface area contributed by atoms with Crippen LogP contribution in [-0.2, 0) is 4.74 Å². The van der Waals surface area contributed by atoms with Crippen LogP contribution in [0.4, 0.5) is 0 Å². The molecule has 0 saturated heterocycles. The van der Waals surface area contributed by atoms with Gasteiger partial charge in [0.1, 0.15) is 0 Å². The van der Waals surface area contributed by atoms with E-state index >= 15 is 0 Å². The number of carbonyl (C=O) groups is 1. The highest BCUT2D eigenvalue weighted by molar-refractivity contribution is 6.08. The van der Waals surface area contributed by atoms with Crippen LogP contribution >= 0.6 is 0 Å². The molecule has 0 atom stereocenters. The van der Waals surface area contributed by atoms with E-state index in [4.69, 9.17) is 4.74 Å². The first-order valence-corrected chi connectivity index (χ1v) is 5.64. The summed E-state index contributed by atoms with van der Waals surface area (Å²) < 4.78 is 5.40. The molecule has 0 N–H and O–H groups in total. The number of hydrogen-bond donors (Lipinski definition) is 0. The molecule has 0 aromatic heterocycles. The van der Waals surface area contributed by atoms with Gasteiger partial charge in [-0.1, -0.05) is 18.2 Å². The Morgan fingerprint density at radius 2 is 2.12 bits per heavy atom. The van der Waals surface area contributed by atoms with Gasteiger partial charge in [0.2, 0.25) is 5.78 Å². The van der Waals surface area contributed by atoms with Crippen LogP contribution in [0.15, 0.2) is 30.0 Å². The van der Waals surface area contributed by atoms with Gasteiger partial charge in [0.05, 0.1) is 6.61 Å². The van der Waals surface area contributed by atoms with Crippen molar-refractivity contribution in [2.75, 3.05) is 6.61 Å². The molecule has 1 aromatic rings. The van der Waals surface area contributed by atoms with E-state index in [2.05, 4.69) is 0 Å². The second kappa shape index (κ2) is 4.52. The molecule has 2 rings (SSSR count). The highest BCUT2D eigenvalue weighted by Crippen LogP contribution is 2.20. The lowest BCUT2D eigenvalue weighted by molar-refractivity contribution is 0.0898. The zero-order chi connectivity index (χ0) is 11.5. The number of hydrogen-bond acceptors (Lipinski definition) is 2. The normalized spacial score (nSPS) is 15.2. The molecule has 0 unspecified atom stereocenters. The van der Waals surface area contributed by atoms with E-state index in [0.717, 1.165) is 29.5 Å². The molecule has 1 heterocycles. The molecule has 0 spiro atoms. The molecule has 1 aromatic carbocycles. The van der Waals surface area contributed by atoms with Crippen LogP contribution in [0.3, 0.4) is 0 Å². The molecule has 0 amide bonds. The Bertz CT molecular complexity index is 444. The fraction of sp³-hybridized carbons (Fsp3) is 0.357. The largest absolute Gasteiger partial charge is 0.490 e. The maximum Gasteiger partial charge on any atom is 0.227 e. The Morgan fingerprint density at radius 3 is 2.81 bits per heavy atom. The summed E-state index contributed by atoms with van der Waals surface area (Å²) in [7, 11) is 0. The molecule has 2 nitrogen and oxygen atoms in total. The molecule has 1 aliphatic rings. The number of carbonyl (C=O) groups excluding carboxylic acids is 1. The molecule has 16 heavy (non-hydrogen) atoms. The molecule has 2 heteroatoms. The smallest absolute Gasteiger partial charge is 0.227 e. The molecular formula is C14H16O2. The van der Waals surface area contributed by atoms with Crippen molar-refractivity contribution in [3.8, 4) is 0 Å². The molecule has 0 radical (unpaired) electrons. The molecule has 1 aliphatic heterocycles. The quantitative estimate of drug-likeness (QED) is 0.710. The highest BCUT2D eigenvalue weighted by Gasteiger charge is 2.18. The number of allylic oxidation sites excluding steroid dienone is 2. The Kier molecular flexibility index (Phi) is 3.09. The third kappa shape index (κ3) is 2.01. The van der Waals surface area contributed by atoms with Crippen molar-refractivity contribution >= 4 is 5.78 Å². The van der Waals surface area contributed by atoms with Crippen LogP contribution in [-0.4, -0.2) is 12.4 Å². The molecular weight excluding hydrogens is 200 g/mol.